The highest BCUT2D eigenvalue weighted by molar-refractivity contribution is 5.81. The van der Waals surface area contributed by atoms with Crippen molar-refractivity contribution in [1.29, 1.82) is 0 Å². The summed E-state index contributed by atoms with van der Waals surface area (Å²) in [4.78, 5) is 12.3. The quantitative estimate of drug-likeness (QED) is 0.506. The Labute approximate surface area is 144 Å². The van der Waals surface area contributed by atoms with Crippen molar-refractivity contribution >= 4 is 5.91 Å². The van der Waals surface area contributed by atoms with E-state index >= 15 is 0 Å². The number of hydrogen-bond donors (Lipinski definition) is 2. The van der Waals surface area contributed by atoms with Crippen LogP contribution in [0.5, 0.6) is 0 Å². The monoisotopic (exact) mass is 328 g/mol. The summed E-state index contributed by atoms with van der Waals surface area (Å²) in [7, 11) is 1.96. The van der Waals surface area contributed by atoms with E-state index in [1.807, 2.05) is 20.9 Å². The third kappa shape index (κ3) is 9.98. The largest absolute Gasteiger partial charge is 0.375 e. The summed E-state index contributed by atoms with van der Waals surface area (Å²) in [5.74, 6) is 0.830. The van der Waals surface area contributed by atoms with E-state index in [4.69, 9.17) is 4.74 Å². The first-order valence-corrected chi connectivity index (χ1v) is 9.23. The van der Waals surface area contributed by atoms with Crippen molar-refractivity contribution in [3.63, 3.8) is 0 Å². The van der Waals surface area contributed by atoms with Crippen molar-refractivity contribution in [2.24, 2.45) is 11.3 Å². The summed E-state index contributed by atoms with van der Waals surface area (Å²) in [6.45, 7) is 15.1. The molecule has 0 saturated heterocycles. The van der Waals surface area contributed by atoms with Crippen LogP contribution in [0.25, 0.3) is 0 Å². The minimum atomic E-state index is -0.379. The van der Waals surface area contributed by atoms with Crippen LogP contribution in [-0.2, 0) is 9.53 Å². The Hall–Kier alpha value is -0.610. The smallest absolute Gasteiger partial charge is 0.225 e. The normalized spacial score (nSPS) is 14.8. The molecule has 0 radical (unpaired) electrons. The second kappa shape index (κ2) is 11.0. The van der Waals surface area contributed by atoms with Gasteiger partial charge in [-0.3, -0.25) is 4.79 Å². The number of carbonyl (C=O) groups excluding carboxylic acids is 1. The second-order valence-corrected chi connectivity index (χ2v) is 7.93. The lowest BCUT2D eigenvalue weighted by Gasteiger charge is -2.31. The lowest BCUT2D eigenvalue weighted by atomic mass is 9.88. The molecule has 0 aromatic rings. The summed E-state index contributed by atoms with van der Waals surface area (Å²) in [6.07, 6.45) is 4.93. The molecule has 0 aromatic carbocycles. The predicted octanol–water partition coefficient (Wildman–Crippen LogP) is 3.75. The van der Waals surface area contributed by atoms with Crippen LogP contribution >= 0.6 is 0 Å². The molecule has 0 aliphatic rings. The van der Waals surface area contributed by atoms with Gasteiger partial charge in [-0.15, -0.1) is 0 Å². The van der Waals surface area contributed by atoms with Crippen LogP contribution < -0.4 is 10.6 Å². The average Bonchev–Trinajstić information content (AvgIpc) is 2.48. The summed E-state index contributed by atoms with van der Waals surface area (Å²) in [5, 5.41) is 6.24. The van der Waals surface area contributed by atoms with Crippen molar-refractivity contribution in [2.45, 2.75) is 79.2 Å². The highest BCUT2D eigenvalue weighted by Crippen LogP contribution is 2.25. The molecule has 0 aromatic heterocycles. The van der Waals surface area contributed by atoms with Crippen LogP contribution in [0.3, 0.4) is 0 Å². The van der Waals surface area contributed by atoms with Crippen molar-refractivity contribution < 1.29 is 9.53 Å². The SMILES string of the molecule is CCC(C)(CCNC)OCCC(C)(C)C(=O)NCCCC(C)C. The van der Waals surface area contributed by atoms with E-state index in [1.165, 1.54) is 0 Å². The molecule has 0 rings (SSSR count). The molecule has 0 fully saturated rings. The molecule has 0 spiro atoms. The molecule has 0 aliphatic heterocycles. The van der Waals surface area contributed by atoms with E-state index in [0.29, 0.717) is 12.5 Å². The first-order valence-electron chi connectivity index (χ1n) is 9.23. The molecule has 0 bridgehead atoms. The average molecular weight is 329 g/mol. The van der Waals surface area contributed by atoms with Gasteiger partial charge >= 0.3 is 0 Å². The van der Waals surface area contributed by atoms with Crippen molar-refractivity contribution in [3.8, 4) is 0 Å². The minimum absolute atomic E-state index is 0.104. The Balaban J connectivity index is 4.16. The molecule has 2 N–H and O–H groups in total. The van der Waals surface area contributed by atoms with Gasteiger partial charge in [0.05, 0.1) is 5.60 Å². The summed E-state index contributed by atoms with van der Waals surface area (Å²) >= 11 is 0. The van der Waals surface area contributed by atoms with Crippen LogP contribution in [0, 0.1) is 11.3 Å². The van der Waals surface area contributed by atoms with Gasteiger partial charge in [0.25, 0.3) is 0 Å². The number of carbonyl (C=O) groups is 1. The third-order valence-corrected chi connectivity index (χ3v) is 4.69. The molecule has 1 amide bonds. The molecule has 0 saturated carbocycles. The Morgan fingerprint density at radius 1 is 1.13 bits per heavy atom. The zero-order valence-corrected chi connectivity index (χ0v) is 16.6. The van der Waals surface area contributed by atoms with E-state index in [9.17, 15) is 4.79 Å². The topological polar surface area (TPSA) is 50.4 Å². The van der Waals surface area contributed by atoms with Gasteiger partial charge < -0.3 is 15.4 Å². The number of hydrogen-bond acceptors (Lipinski definition) is 3. The Bertz CT molecular complexity index is 329. The molecule has 1 unspecified atom stereocenters. The Morgan fingerprint density at radius 3 is 2.30 bits per heavy atom. The Morgan fingerprint density at radius 2 is 1.78 bits per heavy atom. The molecule has 4 heteroatoms. The summed E-state index contributed by atoms with van der Waals surface area (Å²) < 4.78 is 6.10. The first kappa shape index (κ1) is 22.4. The van der Waals surface area contributed by atoms with Gasteiger partial charge in [0.2, 0.25) is 5.91 Å². The maximum atomic E-state index is 12.3. The van der Waals surface area contributed by atoms with Crippen LogP contribution in [0.1, 0.15) is 73.6 Å². The zero-order valence-electron chi connectivity index (χ0n) is 16.6. The van der Waals surface area contributed by atoms with E-state index in [-0.39, 0.29) is 16.9 Å². The number of amides is 1. The Kier molecular flexibility index (Phi) is 10.7. The summed E-state index contributed by atoms with van der Waals surface area (Å²) in [5.41, 5.74) is -0.484. The van der Waals surface area contributed by atoms with Gasteiger partial charge in [0.15, 0.2) is 0 Å². The lowest BCUT2D eigenvalue weighted by Crippen LogP contribution is -2.39. The van der Waals surface area contributed by atoms with Gasteiger partial charge in [0.1, 0.15) is 0 Å². The fourth-order valence-electron chi connectivity index (χ4n) is 2.36. The highest BCUT2D eigenvalue weighted by atomic mass is 16.5. The molecule has 138 valence electrons. The lowest BCUT2D eigenvalue weighted by molar-refractivity contribution is -0.131. The van der Waals surface area contributed by atoms with Crippen molar-refractivity contribution in [3.05, 3.63) is 0 Å². The molecular weight excluding hydrogens is 288 g/mol. The standard InChI is InChI=1S/C19H40N2O2/c1-8-19(6,11-14-20-7)23-15-12-18(4,5)17(22)21-13-9-10-16(2)3/h16,20H,8-15H2,1-7H3,(H,21,22). The van der Waals surface area contributed by atoms with Gasteiger partial charge in [0, 0.05) is 18.6 Å². The van der Waals surface area contributed by atoms with E-state index in [2.05, 4.69) is 38.3 Å². The van der Waals surface area contributed by atoms with Gasteiger partial charge in [-0.2, -0.15) is 0 Å². The molecule has 1 atom stereocenters. The molecular formula is C19H40N2O2. The maximum absolute atomic E-state index is 12.3. The van der Waals surface area contributed by atoms with E-state index in [0.717, 1.165) is 45.2 Å². The van der Waals surface area contributed by atoms with Gasteiger partial charge in [-0.05, 0) is 58.5 Å². The van der Waals surface area contributed by atoms with Crippen LogP contribution in [-0.4, -0.2) is 38.3 Å². The maximum Gasteiger partial charge on any atom is 0.225 e. The first-order chi connectivity index (χ1) is 10.7. The molecule has 4 nitrogen and oxygen atoms in total. The number of rotatable bonds is 13. The zero-order chi connectivity index (χ0) is 17.9. The van der Waals surface area contributed by atoms with Gasteiger partial charge in [-0.1, -0.05) is 34.6 Å². The number of ether oxygens (including phenoxy) is 1. The second-order valence-electron chi connectivity index (χ2n) is 7.93. The molecule has 23 heavy (non-hydrogen) atoms. The van der Waals surface area contributed by atoms with Gasteiger partial charge in [-0.25, -0.2) is 0 Å². The van der Waals surface area contributed by atoms with Crippen LogP contribution in [0.4, 0.5) is 0 Å². The number of nitrogens with one attached hydrogen (secondary N) is 2. The molecule has 0 heterocycles. The predicted molar refractivity (Wildman–Crippen MR) is 98.7 cm³/mol. The third-order valence-electron chi connectivity index (χ3n) is 4.69. The fourth-order valence-corrected chi connectivity index (χ4v) is 2.36. The van der Waals surface area contributed by atoms with Crippen molar-refractivity contribution in [1.82, 2.24) is 10.6 Å². The highest BCUT2D eigenvalue weighted by Gasteiger charge is 2.29. The molecule has 0 aliphatic carbocycles. The summed E-state index contributed by atoms with van der Waals surface area (Å²) in [6, 6.07) is 0. The van der Waals surface area contributed by atoms with Crippen LogP contribution in [0.15, 0.2) is 0 Å². The van der Waals surface area contributed by atoms with Crippen LogP contribution in [0.2, 0.25) is 0 Å². The van der Waals surface area contributed by atoms with E-state index in [1.54, 1.807) is 0 Å². The minimum Gasteiger partial charge on any atom is -0.375 e. The van der Waals surface area contributed by atoms with Crippen molar-refractivity contribution in [2.75, 3.05) is 26.7 Å². The van der Waals surface area contributed by atoms with E-state index < -0.39 is 0 Å². The fraction of sp³-hybridized carbons (Fsp3) is 0.947.